The van der Waals surface area contributed by atoms with Gasteiger partial charge >= 0.3 is 0 Å². The van der Waals surface area contributed by atoms with E-state index in [9.17, 15) is 9.59 Å². The lowest BCUT2D eigenvalue weighted by Gasteiger charge is -2.47. The van der Waals surface area contributed by atoms with Crippen LogP contribution < -0.4 is 19.5 Å². The Morgan fingerprint density at radius 2 is 1.79 bits per heavy atom. The van der Waals surface area contributed by atoms with E-state index in [2.05, 4.69) is 5.32 Å². The number of halogens is 1. The lowest BCUT2D eigenvalue weighted by Crippen LogP contribution is -2.60. The van der Waals surface area contributed by atoms with E-state index in [4.69, 9.17) is 25.8 Å². The molecule has 0 saturated carbocycles. The first-order valence-corrected chi connectivity index (χ1v) is 11.1. The van der Waals surface area contributed by atoms with E-state index >= 15 is 0 Å². The Kier molecular flexibility index (Phi) is 6.93. The molecule has 1 fully saturated rings. The molecular formula is C26H25ClN2O5. The van der Waals surface area contributed by atoms with Gasteiger partial charge in [-0.3, -0.25) is 9.59 Å². The molecule has 1 aliphatic heterocycles. The highest BCUT2D eigenvalue weighted by Crippen LogP contribution is 2.45. The van der Waals surface area contributed by atoms with Crippen molar-refractivity contribution in [3.05, 3.63) is 82.9 Å². The molecule has 7 nitrogen and oxygen atoms in total. The summed E-state index contributed by atoms with van der Waals surface area (Å²) in [6.07, 6.45) is -0.766. The van der Waals surface area contributed by atoms with Gasteiger partial charge in [0.2, 0.25) is 12.0 Å². The van der Waals surface area contributed by atoms with Crippen LogP contribution in [0.5, 0.6) is 17.2 Å². The number of likely N-dealkylation sites (tertiary alicyclic amines) is 1. The highest BCUT2D eigenvalue weighted by molar-refractivity contribution is 6.30. The van der Waals surface area contributed by atoms with Gasteiger partial charge in [-0.15, -0.1) is 0 Å². The minimum absolute atomic E-state index is 0.161. The van der Waals surface area contributed by atoms with Gasteiger partial charge in [0.25, 0.3) is 5.91 Å². The van der Waals surface area contributed by atoms with Crippen LogP contribution in [0.3, 0.4) is 0 Å². The van der Waals surface area contributed by atoms with Crippen LogP contribution in [0.25, 0.3) is 0 Å². The Bertz CT molecular complexity index is 1220. The van der Waals surface area contributed by atoms with Gasteiger partial charge in [0.1, 0.15) is 11.8 Å². The smallest absolute Gasteiger partial charge is 0.267 e. The summed E-state index contributed by atoms with van der Waals surface area (Å²) in [4.78, 5) is 26.5. The number of carbonyl (C=O) groups excluding carboxylic acids is 2. The standard InChI is InChI=1S/C26H25ClN2O5/c1-16(30)28-19-9-4-7-17(13-19)15-29-23(21-11-6-12-22(32-2)24(21)33-3)25(26(29)31)34-20-10-5-8-18(27)14-20/h4-14,23,25H,15H2,1-3H3,(H,28,30)/t23-,25-/m0/s1. The normalized spacial score (nSPS) is 17.1. The molecule has 4 rings (SSSR count). The van der Waals surface area contributed by atoms with Crippen molar-refractivity contribution in [2.75, 3.05) is 19.5 Å². The largest absolute Gasteiger partial charge is 0.493 e. The highest BCUT2D eigenvalue weighted by Gasteiger charge is 2.51. The molecule has 1 heterocycles. The molecule has 0 bridgehead atoms. The van der Waals surface area contributed by atoms with E-state index in [-0.39, 0.29) is 11.8 Å². The van der Waals surface area contributed by atoms with Crippen LogP contribution in [0.2, 0.25) is 5.02 Å². The first-order valence-electron chi connectivity index (χ1n) is 10.7. The molecule has 0 radical (unpaired) electrons. The molecule has 0 unspecified atom stereocenters. The molecule has 34 heavy (non-hydrogen) atoms. The molecule has 0 spiro atoms. The third kappa shape index (κ3) is 4.79. The molecule has 1 aliphatic rings. The van der Waals surface area contributed by atoms with Crippen molar-refractivity contribution in [1.82, 2.24) is 4.90 Å². The van der Waals surface area contributed by atoms with E-state index < -0.39 is 12.1 Å². The molecule has 8 heteroatoms. The van der Waals surface area contributed by atoms with Crippen LogP contribution in [0.4, 0.5) is 5.69 Å². The molecule has 2 amide bonds. The van der Waals surface area contributed by atoms with Crippen LogP contribution in [0.15, 0.2) is 66.7 Å². The zero-order valence-corrected chi connectivity index (χ0v) is 19.8. The molecule has 0 aliphatic carbocycles. The van der Waals surface area contributed by atoms with Crippen molar-refractivity contribution < 1.29 is 23.8 Å². The SMILES string of the molecule is COc1cccc([C@H]2[C@H](Oc3cccc(Cl)c3)C(=O)N2Cc2cccc(NC(C)=O)c2)c1OC. The monoisotopic (exact) mass is 480 g/mol. The number of benzene rings is 3. The van der Waals surface area contributed by atoms with E-state index in [1.807, 2.05) is 30.3 Å². The van der Waals surface area contributed by atoms with Crippen LogP contribution in [-0.4, -0.2) is 37.0 Å². The first-order chi connectivity index (χ1) is 16.4. The second-order valence-electron chi connectivity index (χ2n) is 7.87. The molecule has 3 aromatic carbocycles. The number of rotatable bonds is 8. The third-order valence-electron chi connectivity index (χ3n) is 5.56. The van der Waals surface area contributed by atoms with Crippen LogP contribution in [-0.2, 0) is 16.1 Å². The van der Waals surface area contributed by atoms with Gasteiger partial charge in [0.05, 0.1) is 14.2 Å². The number of hydrogen-bond acceptors (Lipinski definition) is 5. The number of nitrogens with one attached hydrogen (secondary N) is 1. The summed E-state index contributed by atoms with van der Waals surface area (Å²) >= 11 is 6.11. The molecule has 2 atom stereocenters. The number of hydrogen-bond donors (Lipinski definition) is 1. The molecule has 0 aromatic heterocycles. The average molecular weight is 481 g/mol. The van der Waals surface area contributed by atoms with Crippen LogP contribution in [0.1, 0.15) is 24.1 Å². The lowest BCUT2D eigenvalue weighted by molar-refractivity contribution is -0.165. The van der Waals surface area contributed by atoms with Gasteiger partial charge in [-0.05, 0) is 42.0 Å². The minimum Gasteiger partial charge on any atom is -0.493 e. The van der Waals surface area contributed by atoms with E-state index in [0.717, 1.165) is 11.1 Å². The number of β-lactam (4-membered cyclic amide) rings is 1. The Balaban J connectivity index is 1.68. The maximum atomic E-state index is 13.3. The molecule has 176 valence electrons. The number of para-hydroxylation sites is 1. The lowest BCUT2D eigenvalue weighted by atomic mass is 9.88. The maximum absolute atomic E-state index is 13.3. The van der Waals surface area contributed by atoms with Gasteiger partial charge in [-0.2, -0.15) is 0 Å². The second kappa shape index (κ2) is 10.1. The predicted octanol–water partition coefficient (Wildman–Crippen LogP) is 4.85. The van der Waals surface area contributed by atoms with E-state index in [1.165, 1.54) is 6.92 Å². The summed E-state index contributed by atoms with van der Waals surface area (Å²) in [5.41, 5.74) is 2.30. The Hall–Kier alpha value is -3.71. The van der Waals surface area contributed by atoms with Gasteiger partial charge in [0, 0.05) is 29.7 Å². The Morgan fingerprint density at radius 1 is 1.03 bits per heavy atom. The van der Waals surface area contributed by atoms with Gasteiger partial charge in [-0.25, -0.2) is 0 Å². The quantitative estimate of drug-likeness (QED) is 0.466. The fraction of sp³-hybridized carbons (Fsp3) is 0.231. The molecular weight excluding hydrogens is 456 g/mol. The number of methoxy groups -OCH3 is 2. The summed E-state index contributed by atoms with van der Waals surface area (Å²) in [5.74, 6) is 1.28. The fourth-order valence-electron chi connectivity index (χ4n) is 4.12. The minimum atomic E-state index is -0.766. The van der Waals surface area contributed by atoms with Crippen molar-refractivity contribution in [2.45, 2.75) is 25.6 Å². The van der Waals surface area contributed by atoms with Crippen LogP contribution in [0, 0.1) is 0 Å². The van der Waals surface area contributed by atoms with Crippen molar-refractivity contribution in [3.8, 4) is 17.2 Å². The zero-order valence-electron chi connectivity index (χ0n) is 19.1. The molecule has 3 aromatic rings. The third-order valence-corrected chi connectivity index (χ3v) is 5.80. The second-order valence-corrected chi connectivity index (χ2v) is 8.31. The van der Waals surface area contributed by atoms with Crippen molar-refractivity contribution in [2.24, 2.45) is 0 Å². The summed E-state index contributed by atoms with van der Waals surface area (Å²) in [6.45, 7) is 1.78. The fourth-order valence-corrected chi connectivity index (χ4v) is 4.30. The average Bonchev–Trinajstić information content (AvgIpc) is 2.82. The highest BCUT2D eigenvalue weighted by atomic mass is 35.5. The van der Waals surface area contributed by atoms with E-state index in [0.29, 0.717) is 34.5 Å². The van der Waals surface area contributed by atoms with Crippen molar-refractivity contribution >= 4 is 29.1 Å². The number of nitrogens with zero attached hydrogens (tertiary/aromatic N) is 1. The van der Waals surface area contributed by atoms with Crippen molar-refractivity contribution in [3.63, 3.8) is 0 Å². The van der Waals surface area contributed by atoms with Gasteiger partial charge in [-0.1, -0.05) is 41.9 Å². The number of anilines is 1. The number of amides is 2. The van der Waals surface area contributed by atoms with Crippen molar-refractivity contribution in [1.29, 1.82) is 0 Å². The van der Waals surface area contributed by atoms with Gasteiger partial charge in [0.15, 0.2) is 11.5 Å². The van der Waals surface area contributed by atoms with E-state index in [1.54, 1.807) is 55.5 Å². The number of ether oxygens (including phenoxy) is 3. The van der Waals surface area contributed by atoms with Crippen LogP contribution >= 0.6 is 11.6 Å². The Morgan fingerprint density at radius 3 is 2.50 bits per heavy atom. The summed E-state index contributed by atoms with van der Waals surface area (Å²) in [6, 6.07) is 19.5. The zero-order chi connectivity index (χ0) is 24.2. The number of carbonyl (C=O) groups is 2. The summed E-state index contributed by atoms with van der Waals surface area (Å²) < 4.78 is 17.2. The summed E-state index contributed by atoms with van der Waals surface area (Å²) in [7, 11) is 3.13. The topological polar surface area (TPSA) is 77.1 Å². The predicted molar refractivity (Wildman–Crippen MR) is 129 cm³/mol. The maximum Gasteiger partial charge on any atom is 0.267 e. The van der Waals surface area contributed by atoms with Gasteiger partial charge < -0.3 is 24.4 Å². The summed E-state index contributed by atoms with van der Waals surface area (Å²) in [5, 5.41) is 3.29. The first kappa shape index (κ1) is 23.4. The Labute approximate surface area is 203 Å². The molecule has 1 saturated heterocycles. The molecule has 1 N–H and O–H groups in total.